The predicted octanol–water partition coefficient (Wildman–Crippen LogP) is 2.35. The Kier molecular flexibility index (Phi) is 4.09. The van der Waals surface area contributed by atoms with Gasteiger partial charge in [0.05, 0.1) is 5.92 Å². The maximum atomic E-state index is 12.7. The molecule has 0 aliphatic carbocycles. The molecule has 0 radical (unpaired) electrons. The number of anilines is 1. The number of carboxylic acids is 1. The van der Waals surface area contributed by atoms with E-state index in [1.54, 1.807) is 19.1 Å². The third kappa shape index (κ3) is 3.97. The Morgan fingerprint density at radius 3 is 2.93 bits per heavy atom. The molecular formula is C11H14FNO2. The lowest BCUT2D eigenvalue weighted by Crippen LogP contribution is -2.14. The van der Waals surface area contributed by atoms with E-state index in [4.69, 9.17) is 5.11 Å². The molecule has 0 saturated carbocycles. The summed E-state index contributed by atoms with van der Waals surface area (Å²) >= 11 is 0. The second-order valence-corrected chi connectivity index (χ2v) is 3.47. The summed E-state index contributed by atoms with van der Waals surface area (Å²) in [6, 6.07) is 6.10. The summed E-state index contributed by atoms with van der Waals surface area (Å²) in [5, 5.41) is 11.6. The van der Waals surface area contributed by atoms with Crippen molar-refractivity contribution in [3.63, 3.8) is 0 Å². The number of carbonyl (C=O) groups is 1. The molecule has 0 fully saturated rings. The van der Waals surface area contributed by atoms with Crippen molar-refractivity contribution in [2.45, 2.75) is 13.3 Å². The molecule has 1 aromatic rings. The van der Waals surface area contributed by atoms with Gasteiger partial charge in [-0.25, -0.2) is 4.39 Å². The summed E-state index contributed by atoms with van der Waals surface area (Å²) in [4.78, 5) is 10.5. The number of benzene rings is 1. The minimum atomic E-state index is -0.809. The zero-order valence-electron chi connectivity index (χ0n) is 8.53. The largest absolute Gasteiger partial charge is 0.481 e. The molecule has 0 aromatic heterocycles. The molecule has 4 heteroatoms. The van der Waals surface area contributed by atoms with Crippen LogP contribution in [0.1, 0.15) is 13.3 Å². The van der Waals surface area contributed by atoms with Gasteiger partial charge in [-0.1, -0.05) is 13.0 Å². The van der Waals surface area contributed by atoms with Crippen LogP contribution in [0.4, 0.5) is 10.1 Å². The average Bonchev–Trinajstić information content (AvgIpc) is 2.17. The van der Waals surface area contributed by atoms with Gasteiger partial charge in [0.15, 0.2) is 0 Å². The van der Waals surface area contributed by atoms with Crippen molar-refractivity contribution in [2.24, 2.45) is 5.92 Å². The maximum Gasteiger partial charge on any atom is 0.306 e. The van der Waals surface area contributed by atoms with Crippen molar-refractivity contribution in [3.8, 4) is 0 Å². The summed E-state index contributed by atoms with van der Waals surface area (Å²) in [6.07, 6.45) is 0.520. The van der Waals surface area contributed by atoms with Crippen molar-refractivity contribution < 1.29 is 14.3 Å². The third-order valence-corrected chi connectivity index (χ3v) is 2.15. The Hall–Kier alpha value is -1.58. The molecule has 1 rings (SSSR count). The molecule has 82 valence electrons. The smallest absolute Gasteiger partial charge is 0.306 e. The maximum absolute atomic E-state index is 12.7. The predicted molar refractivity (Wildman–Crippen MR) is 56.3 cm³/mol. The number of carboxylic acid groups (broad SMARTS) is 1. The molecule has 3 nitrogen and oxygen atoms in total. The number of nitrogens with one attached hydrogen (secondary N) is 1. The highest BCUT2D eigenvalue weighted by Crippen LogP contribution is 2.10. The van der Waals surface area contributed by atoms with E-state index >= 15 is 0 Å². The minimum Gasteiger partial charge on any atom is -0.481 e. The Morgan fingerprint density at radius 2 is 2.33 bits per heavy atom. The number of hydrogen-bond donors (Lipinski definition) is 2. The summed E-state index contributed by atoms with van der Waals surface area (Å²) in [5.74, 6) is -1.49. The first-order chi connectivity index (χ1) is 7.09. The Labute approximate surface area is 87.9 Å². The molecule has 0 aliphatic rings. The zero-order chi connectivity index (χ0) is 11.3. The number of halogens is 1. The summed E-state index contributed by atoms with van der Waals surface area (Å²) < 4.78 is 12.7. The van der Waals surface area contributed by atoms with Crippen molar-refractivity contribution in [1.82, 2.24) is 0 Å². The van der Waals surface area contributed by atoms with Crippen LogP contribution >= 0.6 is 0 Å². The second kappa shape index (κ2) is 5.34. The lowest BCUT2D eigenvalue weighted by atomic mass is 10.1. The second-order valence-electron chi connectivity index (χ2n) is 3.47. The molecule has 0 amide bonds. The van der Waals surface area contributed by atoms with Crippen LogP contribution in [-0.2, 0) is 4.79 Å². The first-order valence-corrected chi connectivity index (χ1v) is 4.82. The van der Waals surface area contributed by atoms with Gasteiger partial charge < -0.3 is 10.4 Å². The fraction of sp³-hybridized carbons (Fsp3) is 0.364. The number of hydrogen-bond acceptors (Lipinski definition) is 2. The van der Waals surface area contributed by atoms with Crippen molar-refractivity contribution >= 4 is 11.7 Å². The highest BCUT2D eigenvalue weighted by Gasteiger charge is 2.09. The average molecular weight is 211 g/mol. The van der Waals surface area contributed by atoms with Crippen LogP contribution in [0, 0.1) is 11.7 Å². The monoisotopic (exact) mass is 211 g/mol. The van der Waals surface area contributed by atoms with Crippen LogP contribution in [0.3, 0.4) is 0 Å². The summed E-state index contributed by atoms with van der Waals surface area (Å²) in [5.41, 5.74) is 0.674. The highest BCUT2D eigenvalue weighted by atomic mass is 19.1. The molecule has 0 saturated heterocycles. The van der Waals surface area contributed by atoms with Crippen molar-refractivity contribution in [1.29, 1.82) is 0 Å². The van der Waals surface area contributed by atoms with E-state index in [9.17, 15) is 9.18 Å². The first kappa shape index (κ1) is 11.5. The van der Waals surface area contributed by atoms with Gasteiger partial charge in [-0.05, 0) is 24.6 Å². The lowest BCUT2D eigenvalue weighted by Gasteiger charge is -2.08. The summed E-state index contributed by atoms with van der Waals surface area (Å²) in [7, 11) is 0. The van der Waals surface area contributed by atoms with E-state index < -0.39 is 5.97 Å². The molecule has 15 heavy (non-hydrogen) atoms. The molecule has 0 aliphatic heterocycles. The van der Waals surface area contributed by atoms with Gasteiger partial charge in [0.25, 0.3) is 0 Å². The minimum absolute atomic E-state index is 0.300. The zero-order valence-corrected chi connectivity index (χ0v) is 8.53. The lowest BCUT2D eigenvalue weighted by molar-refractivity contribution is -0.141. The van der Waals surface area contributed by atoms with Crippen LogP contribution < -0.4 is 5.32 Å². The molecule has 1 aromatic carbocycles. The van der Waals surface area contributed by atoms with Crippen LogP contribution in [-0.4, -0.2) is 17.6 Å². The Balaban J connectivity index is 2.35. The van der Waals surface area contributed by atoms with E-state index in [-0.39, 0.29) is 11.7 Å². The molecule has 1 unspecified atom stereocenters. The molecular weight excluding hydrogens is 197 g/mol. The fourth-order valence-electron chi connectivity index (χ4n) is 1.15. The molecule has 2 N–H and O–H groups in total. The standard InChI is InChI=1S/C11H14FNO2/c1-8(11(14)15)5-6-13-10-4-2-3-9(12)7-10/h2-4,7-8,13H,5-6H2,1H3,(H,14,15). The van der Waals surface area contributed by atoms with Crippen LogP contribution in [0.25, 0.3) is 0 Å². The molecule has 1 atom stereocenters. The molecule has 0 spiro atoms. The SMILES string of the molecule is CC(CCNc1cccc(F)c1)C(=O)O. The molecule has 0 heterocycles. The van der Waals surface area contributed by atoms with Gasteiger partial charge in [0, 0.05) is 12.2 Å². The van der Waals surface area contributed by atoms with E-state index in [2.05, 4.69) is 5.32 Å². The normalized spacial score (nSPS) is 12.1. The van der Waals surface area contributed by atoms with Gasteiger partial charge in [-0.2, -0.15) is 0 Å². The third-order valence-electron chi connectivity index (χ3n) is 2.15. The highest BCUT2D eigenvalue weighted by molar-refractivity contribution is 5.69. The van der Waals surface area contributed by atoms with Gasteiger partial charge in [0.2, 0.25) is 0 Å². The van der Waals surface area contributed by atoms with Crippen molar-refractivity contribution in [2.75, 3.05) is 11.9 Å². The van der Waals surface area contributed by atoms with E-state index in [1.165, 1.54) is 12.1 Å². The Morgan fingerprint density at radius 1 is 1.60 bits per heavy atom. The molecule has 0 bridgehead atoms. The van der Waals surface area contributed by atoms with Gasteiger partial charge >= 0.3 is 5.97 Å². The van der Waals surface area contributed by atoms with E-state index in [0.29, 0.717) is 18.7 Å². The van der Waals surface area contributed by atoms with Gasteiger partial charge in [-0.3, -0.25) is 4.79 Å². The van der Waals surface area contributed by atoms with Crippen LogP contribution in [0.15, 0.2) is 24.3 Å². The number of aliphatic carboxylic acids is 1. The van der Waals surface area contributed by atoms with E-state index in [1.807, 2.05) is 0 Å². The first-order valence-electron chi connectivity index (χ1n) is 4.82. The van der Waals surface area contributed by atoms with Crippen molar-refractivity contribution in [3.05, 3.63) is 30.1 Å². The van der Waals surface area contributed by atoms with Crippen LogP contribution in [0.2, 0.25) is 0 Å². The van der Waals surface area contributed by atoms with Gasteiger partial charge in [-0.15, -0.1) is 0 Å². The summed E-state index contributed by atoms with van der Waals surface area (Å²) in [6.45, 7) is 2.17. The van der Waals surface area contributed by atoms with Crippen LogP contribution in [0.5, 0.6) is 0 Å². The topological polar surface area (TPSA) is 49.3 Å². The van der Waals surface area contributed by atoms with Gasteiger partial charge in [0.1, 0.15) is 5.82 Å². The quantitative estimate of drug-likeness (QED) is 0.786. The Bertz CT molecular complexity index is 341. The number of rotatable bonds is 5. The van der Waals surface area contributed by atoms with E-state index in [0.717, 1.165) is 0 Å². The fourth-order valence-corrected chi connectivity index (χ4v) is 1.15.